The summed E-state index contributed by atoms with van der Waals surface area (Å²) in [5.41, 5.74) is 3.02. The van der Waals surface area contributed by atoms with E-state index < -0.39 is 0 Å². The summed E-state index contributed by atoms with van der Waals surface area (Å²) < 4.78 is 0. The molecule has 2 aromatic rings. The molecule has 5 nitrogen and oxygen atoms in total. The minimum Gasteiger partial charge on any atom is -0.363 e. The van der Waals surface area contributed by atoms with Crippen molar-refractivity contribution in [1.29, 1.82) is 0 Å². The van der Waals surface area contributed by atoms with Crippen molar-refractivity contribution in [1.82, 2.24) is 10.4 Å². The third-order valence-electron chi connectivity index (χ3n) is 3.56. The van der Waals surface area contributed by atoms with Crippen LogP contribution >= 0.6 is 11.3 Å². The van der Waals surface area contributed by atoms with E-state index in [1.165, 1.54) is 30.5 Å². The highest BCUT2D eigenvalue weighted by Gasteiger charge is 2.12. The van der Waals surface area contributed by atoms with Crippen molar-refractivity contribution in [3.8, 4) is 0 Å². The number of piperidine rings is 1. The Balaban J connectivity index is 1.57. The fraction of sp³-hybridized carbons (Fsp3) is 0.312. The first-order chi connectivity index (χ1) is 10.8. The number of carbonyl (C=O) groups is 1. The number of hydrazone groups is 1. The van der Waals surface area contributed by atoms with Gasteiger partial charge < -0.3 is 4.90 Å². The van der Waals surface area contributed by atoms with Crippen LogP contribution in [-0.4, -0.2) is 30.2 Å². The molecule has 3 rings (SSSR count). The largest absolute Gasteiger partial charge is 0.363 e. The minimum atomic E-state index is -0.253. The van der Waals surface area contributed by atoms with E-state index >= 15 is 0 Å². The number of anilines is 1. The quantitative estimate of drug-likeness (QED) is 0.697. The van der Waals surface area contributed by atoms with Crippen molar-refractivity contribution in [3.05, 3.63) is 47.1 Å². The minimum absolute atomic E-state index is 0.253. The molecule has 1 aliphatic rings. The monoisotopic (exact) mass is 314 g/mol. The Bertz CT molecular complexity index is 647. The predicted octanol–water partition coefficient (Wildman–Crippen LogP) is 2.90. The van der Waals surface area contributed by atoms with Crippen LogP contribution in [0.2, 0.25) is 0 Å². The molecule has 0 aromatic carbocycles. The van der Waals surface area contributed by atoms with Gasteiger partial charge in [-0.05, 0) is 43.5 Å². The zero-order valence-electron chi connectivity index (χ0n) is 12.2. The molecule has 0 spiro atoms. The molecule has 2 aromatic heterocycles. The van der Waals surface area contributed by atoms with E-state index in [4.69, 9.17) is 0 Å². The summed E-state index contributed by atoms with van der Waals surface area (Å²) in [6, 6.07) is 7.59. The Labute approximate surface area is 133 Å². The van der Waals surface area contributed by atoms with Crippen LogP contribution in [0, 0.1) is 0 Å². The van der Waals surface area contributed by atoms with Gasteiger partial charge in [-0.1, -0.05) is 0 Å². The number of amides is 1. The Hall–Kier alpha value is -2.21. The molecule has 0 unspecified atom stereocenters. The lowest BCUT2D eigenvalue weighted by Gasteiger charge is -2.27. The van der Waals surface area contributed by atoms with E-state index in [0.717, 1.165) is 18.0 Å². The number of rotatable bonds is 4. The number of carbonyl (C=O) groups excluding carboxylic acids is 1. The van der Waals surface area contributed by atoms with Crippen molar-refractivity contribution < 1.29 is 4.79 Å². The Morgan fingerprint density at radius 3 is 2.91 bits per heavy atom. The number of thiophene rings is 1. The molecule has 1 fully saturated rings. The van der Waals surface area contributed by atoms with Gasteiger partial charge in [-0.15, -0.1) is 11.3 Å². The van der Waals surface area contributed by atoms with Gasteiger partial charge in [0, 0.05) is 30.4 Å². The van der Waals surface area contributed by atoms with Gasteiger partial charge in [0.25, 0.3) is 5.91 Å². The lowest BCUT2D eigenvalue weighted by Crippen LogP contribution is -2.28. The standard InChI is InChI=1S/C16H18N4OS/c21-16(13-5-4-8-17-11-13)19-18-12-14-6-7-15(22-14)20-9-2-1-3-10-20/h4-8,11-12H,1-3,9-10H2,(H,19,21)/b18-12-. The Morgan fingerprint density at radius 1 is 1.27 bits per heavy atom. The van der Waals surface area contributed by atoms with Crippen LogP contribution in [0.25, 0.3) is 0 Å². The molecule has 1 N–H and O–H groups in total. The van der Waals surface area contributed by atoms with Gasteiger partial charge in [0.15, 0.2) is 0 Å². The number of hydrogen-bond donors (Lipinski definition) is 1. The summed E-state index contributed by atoms with van der Waals surface area (Å²) in [4.78, 5) is 19.2. The number of nitrogens with zero attached hydrogens (tertiary/aromatic N) is 3. The summed E-state index contributed by atoms with van der Waals surface area (Å²) in [7, 11) is 0. The van der Waals surface area contributed by atoms with E-state index in [0.29, 0.717) is 5.56 Å². The van der Waals surface area contributed by atoms with Crippen LogP contribution < -0.4 is 10.3 Å². The van der Waals surface area contributed by atoms with Crippen LogP contribution in [0.5, 0.6) is 0 Å². The first-order valence-electron chi connectivity index (χ1n) is 7.41. The van der Waals surface area contributed by atoms with Gasteiger partial charge >= 0.3 is 0 Å². The van der Waals surface area contributed by atoms with Crippen molar-refractivity contribution in [2.45, 2.75) is 19.3 Å². The van der Waals surface area contributed by atoms with Crippen LogP contribution in [0.15, 0.2) is 41.8 Å². The molecule has 1 amide bonds. The average molecular weight is 314 g/mol. The summed E-state index contributed by atoms with van der Waals surface area (Å²) >= 11 is 1.70. The molecule has 0 aliphatic carbocycles. The van der Waals surface area contributed by atoms with Crippen LogP contribution in [0.3, 0.4) is 0 Å². The molecule has 3 heterocycles. The first-order valence-corrected chi connectivity index (χ1v) is 8.23. The fourth-order valence-corrected chi connectivity index (χ4v) is 3.34. The van der Waals surface area contributed by atoms with E-state index in [-0.39, 0.29) is 5.91 Å². The number of pyridine rings is 1. The second-order valence-corrected chi connectivity index (χ2v) is 6.26. The average Bonchev–Trinajstić information content (AvgIpc) is 3.05. The third kappa shape index (κ3) is 3.71. The fourth-order valence-electron chi connectivity index (χ4n) is 2.41. The van der Waals surface area contributed by atoms with Crippen molar-refractivity contribution >= 4 is 28.5 Å². The molecule has 114 valence electrons. The lowest BCUT2D eigenvalue weighted by molar-refractivity contribution is 0.0955. The summed E-state index contributed by atoms with van der Waals surface area (Å²) in [6.07, 6.45) is 8.70. The van der Waals surface area contributed by atoms with E-state index in [1.807, 2.05) is 6.07 Å². The highest BCUT2D eigenvalue weighted by Crippen LogP contribution is 2.27. The van der Waals surface area contributed by atoms with E-state index in [2.05, 4.69) is 26.5 Å². The molecule has 22 heavy (non-hydrogen) atoms. The topological polar surface area (TPSA) is 57.6 Å². The van der Waals surface area contributed by atoms with Crippen LogP contribution in [0.4, 0.5) is 5.00 Å². The Morgan fingerprint density at radius 2 is 2.14 bits per heavy atom. The second kappa shape index (κ2) is 7.17. The highest BCUT2D eigenvalue weighted by atomic mass is 32.1. The zero-order chi connectivity index (χ0) is 15.2. The molecule has 0 bridgehead atoms. The molecular formula is C16H18N4OS. The van der Waals surface area contributed by atoms with Gasteiger partial charge in [-0.25, -0.2) is 5.43 Å². The maximum atomic E-state index is 11.8. The van der Waals surface area contributed by atoms with Gasteiger partial charge in [-0.2, -0.15) is 5.10 Å². The SMILES string of the molecule is O=C(N/N=C\c1ccc(N2CCCCC2)s1)c1cccnc1. The molecule has 0 radical (unpaired) electrons. The summed E-state index contributed by atoms with van der Waals surface area (Å²) in [5, 5.41) is 5.29. The molecular weight excluding hydrogens is 296 g/mol. The molecule has 1 saturated heterocycles. The highest BCUT2D eigenvalue weighted by molar-refractivity contribution is 7.17. The Kier molecular flexibility index (Phi) is 4.80. The van der Waals surface area contributed by atoms with Gasteiger partial charge in [-0.3, -0.25) is 9.78 Å². The first kappa shape index (κ1) is 14.7. The second-order valence-electron chi connectivity index (χ2n) is 5.16. The summed E-state index contributed by atoms with van der Waals surface area (Å²) in [6.45, 7) is 2.27. The third-order valence-corrected chi connectivity index (χ3v) is 4.64. The number of hydrogen-bond acceptors (Lipinski definition) is 5. The van der Waals surface area contributed by atoms with Crippen LogP contribution in [0.1, 0.15) is 34.5 Å². The maximum absolute atomic E-state index is 11.8. The van der Waals surface area contributed by atoms with Gasteiger partial charge in [0.1, 0.15) is 0 Å². The smallest absolute Gasteiger partial charge is 0.272 e. The zero-order valence-corrected chi connectivity index (χ0v) is 13.1. The van der Waals surface area contributed by atoms with Gasteiger partial charge in [0.05, 0.1) is 16.8 Å². The van der Waals surface area contributed by atoms with E-state index in [9.17, 15) is 4.79 Å². The lowest BCUT2D eigenvalue weighted by atomic mass is 10.1. The maximum Gasteiger partial charge on any atom is 0.272 e. The molecule has 1 aliphatic heterocycles. The van der Waals surface area contributed by atoms with E-state index in [1.54, 1.807) is 35.9 Å². The summed E-state index contributed by atoms with van der Waals surface area (Å²) in [5.74, 6) is -0.253. The van der Waals surface area contributed by atoms with Crippen molar-refractivity contribution in [2.75, 3.05) is 18.0 Å². The molecule has 0 saturated carbocycles. The van der Waals surface area contributed by atoms with Gasteiger partial charge in [0.2, 0.25) is 0 Å². The van der Waals surface area contributed by atoms with Crippen LogP contribution in [-0.2, 0) is 0 Å². The number of aromatic nitrogens is 1. The van der Waals surface area contributed by atoms with Crippen molar-refractivity contribution in [3.63, 3.8) is 0 Å². The normalized spacial score (nSPS) is 15.2. The van der Waals surface area contributed by atoms with Crippen molar-refractivity contribution in [2.24, 2.45) is 5.10 Å². The molecule has 6 heteroatoms. The predicted molar refractivity (Wildman–Crippen MR) is 89.7 cm³/mol. The number of nitrogens with one attached hydrogen (secondary N) is 1. The molecule has 0 atom stereocenters.